The van der Waals surface area contributed by atoms with Crippen molar-refractivity contribution in [1.29, 1.82) is 0 Å². The van der Waals surface area contributed by atoms with E-state index in [1.807, 2.05) is 53.4 Å². The zero-order chi connectivity index (χ0) is 20.5. The summed E-state index contributed by atoms with van der Waals surface area (Å²) in [6.45, 7) is 1.82. The number of ether oxygens (including phenoxy) is 1. The molecule has 0 saturated carbocycles. The Bertz CT molecular complexity index is 805. The van der Waals surface area contributed by atoms with E-state index in [0.29, 0.717) is 49.7 Å². The molecule has 0 aliphatic carbocycles. The molecule has 1 aliphatic heterocycles. The third-order valence-electron chi connectivity index (χ3n) is 5.05. The van der Waals surface area contributed by atoms with Crippen LogP contribution in [0.15, 0.2) is 54.6 Å². The van der Waals surface area contributed by atoms with Gasteiger partial charge in [-0.2, -0.15) is 0 Å². The lowest BCUT2D eigenvalue weighted by Crippen LogP contribution is -2.46. The molecule has 6 heteroatoms. The number of nitrogens with zero attached hydrogens (tertiary/aromatic N) is 1. The standard InChI is InChI=1S/C23H27ClN2O3/c24-20-9-4-5-10-21(20)29-16-6-11-23(28)26-14-12-19(13-15-26)25-22(27)17-18-7-2-1-3-8-18/h1-5,7-10,19H,6,11-17H2,(H,25,27). The van der Waals surface area contributed by atoms with E-state index in [0.717, 1.165) is 18.4 Å². The van der Waals surface area contributed by atoms with Gasteiger partial charge in [-0.15, -0.1) is 0 Å². The van der Waals surface area contributed by atoms with Gasteiger partial charge in [-0.25, -0.2) is 0 Å². The zero-order valence-electron chi connectivity index (χ0n) is 16.5. The molecule has 154 valence electrons. The lowest BCUT2D eigenvalue weighted by molar-refractivity contribution is -0.132. The highest BCUT2D eigenvalue weighted by Gasteiger charge is 2.23. The number of likely N-dealkylation sites (tertiary alicyclic amines) is 1. The van der Waals surface area contributed by atoms with Crippen LogP contribution in [-0.4, -0.2) is 42.5 Å². The zero-order valence-corrected chi connectivity index (χ0v) is 17.2. The van der Waals surface area contributed by atoms with Crippen molar-refractivity contribution in [3.05, 3.63) is 65.2 Å². The maximum atomic E-state index is 12.4. The smallest absolute Gasteiger partial charge is 0.224 e. The monoisotopic (exact) mass is 414 g/mol. The second-order valence-electron chi connectivity index (χ2n) is 7.27. The fourth-order valence-corrected chi connectivity index (χ4v) is 3.65. The molecule has 1 fully saturated rings. The lowest BCUT2D eigenvalue weighted by atomic mass is 10.0. The Morgan fingerprint density at radius 1 is 1.03 bits per heavy atom. The summed E-state index contributed by atoms with van der Waals surface area (Å²) in [5.74, 6) is 0.827. The van der Waals surface area contributed by atoms with Crippen LogP contribution in [0.25, 0.3) is 0 Å². The summed E-state index contributed by atoms with van der Waals surface area (Å²) in [4.78, 5) is 26.5. The molecule has 0 radical (unpaired) electrons. The average molecular weight is 415 g/mol. The number of amides is 2. The van der Waals surface area contributed by atoms with Crippen molar-refractivity contribution in [3.8, 4) is 5.75 Å². The van der Waals surface area contributed by atoms with Gasteiger partial charge in [0.15, 0.2) is 0 Å². The molecule has 0 atom stereocenters. The van der Waals surface area contributed by atoms with Crippen molar-refractivity contribution in [1.82, 2.24) is 10.2 Å². The van der Waals surface area contributed by atoms with Crippen LogP contribution < -0.4 is 10.1 Å². The maximum absolute atomic E-state index is 12.4. The fraction of sp³-hybridized carbons (Fsp3) is 0.391. The summed E-state index contributed by atoms with van der Waals surface area (Å²) in [7, 11) is 0. The van der Waals surface area contributed by atoms with Crippen LogP contribution in [-0.2, 0) is 16.0 Å². The fourth-order valence-electron chi connectivity index (χ4n) is 3.46. The summed E-state index contributed by atoms with van der Waals surface area (Å²) in [5.41, 5.74) is 1.01. The number of rotatable bonds is 8. The summed E-state index contributed by atoms with van der Waals surface area (Å²) >= 11 is 6.05. The first-order valence-corrected chi connectivity index (χ1v) is 10.5. The third kappa shape index (κ3) is 6.79. The number of piperidine rings is 1. The van der Waals surface area contributed by atoms with E-state index in [1.165, 1.54) is 0 Å². The number of benzene rings is 2. The van der Waals surface area contributed by atoms with Crippen LogP contribution in [0.5, 0.6) is 5.75 Å². The number of hydrogen-bond donors (Lipinski definition) is 1. The molecule has 1 saturated heterocycles. The first kappa shape index (κ1) is 21.2. The van der Waals surface area contributed by atoms with Crippen molar-refractivity contribution in [2.75, 3.05) is 19.7 Å². The molecule has 2 aromatic rings. The second-order valence-corrected chi connectivity index (χ2v) is 7.67. The van der Waals surface area contributed by atoms with Crippen LogP contribution in [0.2, 0.25) is 5.02 Å². The van der Waals surface area contributed by atoms with Crippen LogP contribution in [0, 0.1) is 0 Å². The highest BCUT2D eigenvalue weighted by atomic mass is 35.5. The minimum absolute atomic E-state index is 0.0395. The highest BCUT2D eigenvalue weighted by Crippen LogP contribution is 2.23. The molecule has 0 aromatic heterocycles. The molecule has 29 heavy (non-hydrogen) atoms. The van der Waals surface area contributed by atoms with E-state index in [2.05, 4.69) is 5.32 Å². The van der Waals surface area contributed by atoms with Gasteiger partial charge >= 0.3 is 0 Å². The van der Waals surface area contributed by atoms with Crippen molar-refractivity contribution in [2.45, 2.75) is 38.1 Å². The van der Waals surface area contributed by atoms with Crippen molar-refractivity contribution in [2.24, 2.45) is 0 Å². The van der Waals surface area contributed by atoms with E-state index in [4.69, 9.17) is 16.3 Å². The molecule has 2 amide bonds. The molecule has 2 aromatic carbocycles. The Labute approximate surface area is 177 Å². The Balaban J connectivity index is 1.32. The number of para-hydroxylation sites is 1. The molecular formula is C23H27ClN2O3. The summed E-state index contributed by atoms with van der Waals surface area (Å²) in [6.07, 6.45) is 3.09. The first-order valence-electron chi connectivity index (χ1n) is 10.1. The normalized spacial score (nSPS) is 14.4. The van der Waals surface area contributed by atoms with Crippen molar-refractivity contribution < 1.29 is 14.3 Å². The molecule has 0 unspecified atom stereocenters. The molecule has 0 bridgehead atoms. The molecule has 0 spiro atoms. The van der Waals surface area contributed by atoms with Gasteiger partial charge in [0, 0.05) is 25.6 Å². The van der Waals surface area contributed by atoms with Gasteiger partial charge in [0.2, 0.25) is 11.8 Å². The summed E-state index contributed by atoms with van der Waals surface area (Å²) < 4.78 is 5.63. The number of halogens is 1. The quantitative estimate of drug-likeness (QED) is 0.667. The highest BCUT2D eigenvalue weighted by molar-refractivity contribution is 6.32. The Morgan fingerprint density at radius 2 is 1.72 bits per heavy atom. The molecule has 5 nitrogen and oxygen atoms in total. The minimum Gasteiger partial charge on any atom is -0.492 e. The maximum Gasteiger partial charge on any atom is 0.224 e. The number of hydrogen-bond acceptors (Lipinski definition) is 3. The van der Waals surface area contributed by atoms with E-state index in [9.17, 15) is 9.59 Å². The first-order chi connectivity index (χ1) is 14.1. The minimum atomic E-state index is 0.0395. The van der Waals surface area contributed by atoms with Crippen LogP contribution in [0.4, 0.5) is 0 Å². The second kappa shape index (κ2) is 10.9. The van der Waals surface area contributed by atoms with Crippen LogP contribution in [0.1, 0.15) is 31.2 Å². The Morgan fingerprint density at radius 3 is 2.45 bits per heavy atom. The number of nitrogens with one attached hydrogen (secondary N) is 1. The molecule has 1 heterocycles. The lowest BCUT2D eigenvalue weighted by Gasteiger charge is -2.32. The van der Waals surface area contributed by atoms with Gasteiger partial charge in [-0.1, -0.05) is 54.1 Å². The Kier molecular flexibility index (Phi) is 7.94. The van der Waals surface area contributed by atoms with Gasteiger partial charge in [0.1, 0.15) is 5.75 Å². The Hall–Kier alpha value is -2.53. The summed E-state index contributed by atoms with van der Waals surface area (Å²) in [6, 6.07) is 17.2. The van der Waals surface area contributed by atoms with Gasteiger partial charge in [0.05, 0.1) is 18.1 Å². The van der Waals surface area contributed by atoms with E-state index < -0.39 is 0 Å². The number of carbonyl (C=O) groups excluding carboxylic acids is 2. The van der Waals surface area contributed by atoms with Crippen molar-refractivity contribution >= 4 is 23.4 Å². The van der Waals surface area contributed by atoms with Crippen LogP contribution in [0.3, 0.4) is 0 Å². The molecule has 1 N–H and O–H groups in total. The predicted octanol–water partition coefficient (Wildman–Crippen LogP) is 3.85. The molecular weight excluding hydrogens is 388 g/mol. The predicted molar refractivity (Wildman–Crippen MR) is 114 cm³/mol. The summed E-state index contributed by atoms with van der Waals surface area (Å²) in [5, 5.41) is 3.67. The van der Waals surface area contributed by atoms with E-state index in [-0.39, 0.29) is 17.9 Å². The van der Waals surface area contributed by atoms with Crippen LogP contribution >= 0.6 is 11.6 Å². The van der Waals surface area contributed by atoms with Gasteiger partial charge in [-0.05, 0) is 37.0 Å². The molecule has 1 aliphatic rings. The molecule has 3 rings (SSSR count). The third-order valence-corrected chi connectivity index (χ3v) is 5.36. The SMILES string of the molecule is O=C(Cc1ccccc1)NC1CCN(C(=O)CCCOc2ccccc2Cl)CC1. The average Bonchev–Trinajstić information content (AvgIpc) is 2.73. The van der Waals surface area contributed by atoms with E-state index in [1.54, 1.807) is 6.07 Å². The van der Waals surface area contributed by atoms with E-state index >= 15 is 0 Å². The van der Waals surface area contributed by atoms with Gasteiger partial charge in [0.25, 0.3) is 0 Å². The number of carbonyl (C=O) groups is 2. The largest absolute Gasteiger partial charge is 0.492 e. The topological polar surface area (TPSA) is 58.6 Å². The van der Waals surface area contributed by atoms with Gasteiger partial charge < -0.3 is 15.0 Å². The van der Waals surface area contributed by atoms with Gasteiger partial charge in [-0.3, -0.25) is 9.59 Å². The van der Waals surface area contributed by atoms with Crippen molar-refractivity contribution in [3.63, 3.8) is 0 Å².